The van der Waals surface area contributed by atoms with Crippen molar-refractivity contribution in [1.82, 2.24) is 14.8 Å². The molecule has 1 atom stereocenters. The van der Waals surface area contributed by atoms with Crippen LogP contribution in [-0.2, 0) is 0 Å². The molecule has 6 nitrogen and oxygen atoms in total. The summed E-state index contributed by atoms with van der Waals surface area (Å²) >= 11 is 0. The largest absolute Gasteiger partial charge is 0.435 e. The van der Waals surface area contributed by atoms with Crippen LogP contribution in [0.15, 0.2) is 24.4 Å². The molecular formula is C21H25F2N5O. The molecule has 2 aromatic rings. The number of hydrogen-bond donors (Lipinski definition) is 0. The molecule has 3 heterocycles. The van der Waals surface area contributed by atoms with Crippen molar-refractivity contribution in [2.75, 3.05) is 50.7 Å². The van der Waals surface area contributed by atoms with Crippen molar-refractivity contribution >= 4 is 16.6 Å². The van der Waals surface area contributed by atoms with Gasteiger partial charge in [-0.2, -0.15) is 14.0 Å². The van der Waals surface area contributed by atoms with Crippen LogP contribution in [0.3, 0.4) is 0 Å². The van der Waals surface area contributed by atoms with E-state index in [9.17, 15) is 14.0 Å². The van der Waals surface area contributed by atoms with Gasteiger partial charge in [-0.25, -0.2) is 0 Å². The second-order valence-corrected chi connectivity index (χ2v) is 7.55. The Bertz CT molecular complexity index is 908. The van der Waals surface area contributed by atoms with E-state index >= 15 is 0 Å². The second-order valence-electron chi connectivity index (χ2n) is 7.55. The van der Waals surface area contributed by atoms with E-state index in [1.165, 1.54) is 6.07 Å². The van der Waals surface area contributed by atoms with Crippen LogP contribution in [0.5, 0.6) is 5.75 Å². The summed E-state index contributed by atoms with van der Waals surface area (Å²) in [5.74, 6) is 0.0806. The van der Waals surface area contributed by atoms with Crippen LogP contribution in [0.1, 0.15) is 18.9 Å². The van der Waals surface area contributed by atoms with Crippen molar-refractivity contribution in [2.24, 2.45) is 0 Å². The van der Waals surface area contributed by atoms with Gasteiger partial charge in [-0.15, -0.1) is 0 Å². The lowest BCUT2D eigenvalue weighted by atomic mass is 10.1. The molecule has 1 unspecified atom stereocenters. The summed E-state index contributed by atoms with van der Waals surface area (Å²) in [6, 6.07) is 7.37. The Kier molecular flexibility index (Phi) is 5.79. The van der Waals surface area contributed by atoms with Crippen molar-refractivity contribution in [3.05, 3.63) is 30.0 Å². The van der Waals surface area contributed by atoms with E-state index in [0.717, 1.165) is 57.9 Å². The third-order valence-corrected chi connectivity index (χ3v) is 6.01. The second kappa shape index (κ2) is 8.47. The highest BCUT2D eigenvalue weighted by Gasteiger charge is 2.31. The lowest BCUT2D eigenvalue weighted by Gasteiger charge is -2.37. The summed E-state index contributed by atoms with van der Waals surface area (Å²) in [6.07, 6.45) is 2.59. The number of alkyl halides is 2. The zero-order chi connectivity index (χ0) is 20.4. The first-order valence-corrected chi connectivity index (χ1v) is 10.1. The molecule has 0 amide bonds. The van der Waals surface area contributed by atoms with E-state index in [1.54, 1.807) is 18.3 Å². The fraction of sp³-hybridized carbons (Fsp3) is 0.524. The number of fused-ring (bicyclic) bond motifs is 1. The minimum absolute atomic E-state index is 0.0806. The lowest BCUT2D eigenvalue weighted by Crippen LogP contribution is -2.50. The van der Waals surface area contributed by atoms with E-state index in [1.807, 2.05) is 0 Å². The van der Waals surface area contributed by atoms with E-state index in [4.69, 9.17) is 0 Å². The van der Waals surface area contributed by atoms with E-state index in [-0.39, 0.29) is 5.75 Å². The number of ether oxygens (including phenoxy) is 1. The smallest absolute Gasteiger partial charge is 0.387 e. The predicted molar refractivity (Wildman–Crippen MR) is 107 cm³/mol. The SMILES string of the molecule is CCN1CCN(C2CCN(c3c(C#N)cnc4ccc(OC(F)F)cc34)C2)CC1. The zero-order valence-corrected chi connectivity index (χ0v) is 16.5. The molecular weight excluding hydrogens is 376 g/mol. The fourth-order valence-electron chi connectivity index (χ4n) is 4.44. The molecule has 29 heavy (non-hydrogen) atoms. The molecule has 154 valence electrons. The van der Waals surface area contributed by atoms with Crippen molar-refractivity contribution in [1.29, 1.82) is 5.26 Å². The third kappa shape index (κ3) is 4.11. The van der Waals surface area contributed by atoms with E-state index in [2.05, 4.69) is 37.4 Å². The first-order chi connectivity index (χ1) is 14.1. The van der Waals surface area contributed by atoms with Gasteiger partial charge in [0.05, 0.1) is 16.8 Å². The third-order valence-electron chi connectivity index (χ3n) is 6.01. The van der Waals surface area contributed by atoms with Crippen molar-refractivity contribution in [3.63, 3.8) is 0 Å². The highest BCUT2D eigenvalue weighted by molar-refractivity contribution is 5.95. The van der Waals surface area contributed by atoms with Crippen molar-refractivity contribution < 1.29 is 13.5 Å². The van der Waals surface area contributed by atoms with Crippen molar-refractivity contribution in [2.45, 2.75) is 26.0 Å². The van der Waals surface area contributed by atoms with Gasteiger partial charge in [0.2, 0.25) is 0 Å². The van der Waals surface area contributed by atoms with Gasteiger partial charge in [-0.1, -0.05) is 6.92 Å². The Morgan fingerprint density at radius 1 is 1.24 bits per heavy atom. The maximum Gasteiger partial charge on any atom is 0.387 e. The number of aromatic nitrogens is 1. The summed E-state index contributed by atoms with van der Waals surface area (Å²) in [6.45, 7) is 6.32. The van der Waals surface area contributed by atoms with Crippen molar-refractivity contribution in [3.8, 4) is 11.8 Å². The van der Waals surface area contributed by atoms with Crippen LogP contribution in [0.25, 0.3) is 10.9 Å². The predicted octanol–water partition coefficient (Wildman–Crippen LogP) is 2.92. The van der Waals surface area contributed by atoms with Gasteiger partial charge in [0.25, 0.3) is 0 Å². The normalized spacial score (nSPS) is 21.1. The van der Waals surface area contributed by atoms with Gasteiger partial charge in [-0.3, -0.25) is 9.88 Å². The summed E-state index contributed by atoms with van der Waals surface area (Å²) < 4.78 is 29.9. The van der Waals surface area contributed by atoms with Crippen LogP contribution in [0, 0.1) is 11.3 Å². The fourth-order valence-corrected chi connectivity index (χ4v) is 4.44. The minimum Gasteiger partial charge on any atom is -0.435 e. The van der Waals surface area contributed by atoms with Gasteiger partial charge >= 0.3 is 6.61 Å². The number of anilines is 1. The highest BCUT2D eigenvalue weighted by Crippen LogP contribution is 2.35. The number of pyridine rings is 1. The number of nitriles is 1. The number of halogens is 2. The number of likely N-dealkylation sites (N-methyl/N-ethyl adjacent to an activating group) is 1. The molecule has 2 saturated heterocycles. The first-order valence-electron chi connectivity index (χ1n) is 10.1. The molecule has 2 aliphatic rings. The molecule has 2 fully saturated rings. The maximum atomic E-state index is 12.7. The Labute approximate surface area is 169 Å². The lowest BCUT2D eigenvalue weighted by molar-refractivity contribution is -0.0497. The number of benzene rings is 1. The Morgan fingerprint density at radius 2 is 2.03 bits per heavy atom. The van der Waals surface area contributed by atoms with E-state index < -0.39 is 6.61 Å². The molecule has 2 aliphatic heterocycles. The number of hydrogen-bond acceptors (Lipinski definition) is 6. The number of piperazine rings is 1. The van der Waals surface area contributed by atoms with Crippen LogP contribution >= 0.6 is 0 Å². The van der Waals surface area contributed by atoms with Gasteiger partial charge < -0.3 is 14.5 Å². The van der Waals surface area contributed by atoms with Crippen LogP contribution in [-0.4, -0.2) is 73.3 Å². The van der Waals surface area contributed by atoms with Gasteiger partial charge in [0.15, 0.2) is 0 Å². The minimum atomic E-state index is -2.89. The quantitative estimate of drug-likeness (QED) is 0.768. The molecule has 0 aliphatic carbocycles. The molecule has 0 radical (unpaired) electrons. The van der Waals surface area contributed by atoms with Crippen LogP contribution in [0.2, 0.25) is 0 Å². The summed E-state index contributed by atoms with van der Waals surface area (Å²) in [7, 11) is 0. The molecule has 0 saturated carbocycles. The Morgan fingerprint density at radius 3 is 2.72 bits per heavy atom. The number of rotatable bonds is 5. The van der Waals surface area contributed by atoms with Gasteiger partial charge in [0.1, 0.15) is 11.8 Å². The first kappa shape index (κ1) is 19.8. The molecule has 4 rings (SSSR count). The number of nitrogens with zero attached hydrogens (tertiary/aromatic N) is 5. The Hall–Kier alpha value is -2.50. The van der Waals surface area contributed by atoms with Gasteiger partial charge in [-0.05, 0) is 31.2 Å². The zero-order valence-electron chi connectivity index (χ0n) is 16.5. The molecule has 0 N–H and O–H groups in total. The molecule has 0 spiro atoms. The standard InChI is InChI=1S/C21H25F2N5O/c1-2-26-7-9-27(10-8-26)16-5-6-28(14-16)20-15(12-24)13-25-19-4-3-17(11-18(19)20)29-21(22)23/h3-4,11,13,16,21H,2,5-10,14H2,1H3. The topological polar surface area (TPSA) is 55.6 Å². The molecule has 1 aromatic heterocycles. The summed E-state index contributed by atoms with van der Waals surface area (Å²) in [4.78, 5) is 11.5. The Balaban J connectivity index is 1.60. The molecule has 8 heteroatoms. The molecule has 0 bridgehead atoms. The van der Waals surface area contributed by atoms with Crippen LogP contribution < -0.4 is 9.64 Å². The summed E-state index contributed by atoms with van der Waals surface area (Å²) in [5, 5.41) is 10.3. The van der Waals surface area contributed by atoms with E-state index in [0.29, 0.717) is 22.5 Å². The monoisotopic (exact) mass is 401 g/mol. The highest BCUT2D eigenvalue weighted by atomic mass is 19.3. The average molecular weight is 401 g/mol. The summed E-state index contributed by atoms with van der Waals surface area (Å²) in [5.41, 5.74) is 1.90. The van der Waals surface area contributed by atoms with Crippen LogP contribution in [0.4, 0.5) is 14.5 Å². The molecule has 1 aromatic carbocycles. The maximum absolute atomic E-state index is 12.7. The van der Waals surface area contributed by atoms with Gasteiger partial charge in [0, 0.05) is 56.9 Å². The average Bonchev–Trinajstić information content (AvgIpc) is 3.22.